The summed E-state index contributed by atoms with van der Waals surface area (Å²) in [5, 5.41) is 10.8. The lowest BCUT2D eigenvalue weighted by atomic mass is 9.99. The smallest absolute Gasteiger partial charge is 0.192 e. The second-order valence-electron chi connectivity index (χ2n) is 7.24. The fraction of sp³-hybridized carbons (Fsp3) is 0.435. The summed E-state index contributed by atoms with van der Waals surface area (Å²) in [5.74, 6) is 2.92. The molecule has 0 saturated carbocycles. The van der Waals surface area contributed by atoms with Crippen molar-refractivity contribution in [1.82, 2.24) is 25.3 Å². The van der Waals surface area contributed by atoms with E-state index in [9.17, 15) is 0 Å². The van der Waals surface area contributed by atoms with Crippen LogP contribution in [-0.2, 0) is 19.6 Å². The van der Waals surface area contributed by atoms with Crippen molar-refractivity contribution < 1.29 is 4.52 Å². The van der Waals surface area contributed by atoms with Gasteiger partial charge in [-0.1, -0.05) is 49.3 Å². The van der Waals surface area contributed by atoms with E-state index in [4.69, 9.17) is 9.52 Å². The van der Waals surface area contributed by atoms with Gasteiger partial charge in [0.2, 0.25) is 0 Å². The molecule has 0 fully saturated rings. The summed E-state index contributed by atoms with van der Waals surface area (Å²) in [4.78, 5) is 9.17. The molecule has 7 heteroatoms. The van der Waals surface area contributed by atoms with Gasteiger partial charge in [0, 0.05) is 37.5 Å². The molecule has 160 valence electrons. The number of aromatic nitrogens is 3. The van der Waals surface area contributed by atoms with Gasteiger partial charge < -0.3 is 19.7 Å². The fourth-order valence-corrected chi connectivity index (χ4v) is 3.39. The van der Waals surface area contributed by atoms with Crippen LogP contribution in [0, 0.1) is 0 Å². The zero-order valence-electron chi connectivity index (χ0n) is 18.1. The molecule has 0 atom stereocenters. The Morgan fingerprint density at radius 3 is 2.67 bits per heavy atom. The average molecular weight is 409 g/mol. The molecule has 0 bridgehead atoms. The van der Waals surface area contributed by atoms with Crippen molar-refractivity contribution in [2.45, 2.75) is 59.2 Å². The van der Waals surface area contributed by atoms with Crippen LogP contribution in [0.1, 0.15) is 62.4 Å². The van der Waals surface area contributed by atoms with Gasteiger partial charge in [-0.05, 0) is 25.3 Å². The highest BCUT2D eigenvalue weighted by molar-refractivity contribution is 5.79. The van der Waals surface area contributed by atoms with Gasteiger partial charge in [-0.25, -0.2) is 9.98 Å². The predicted molar refractivity (Wildman–Crippen MR) is 119 cm³/mol. The Morgan fingerprint density at radius 1 is 1.13 bits per heavy atom. The molecule has 0 amide bonds. The zero-order valence-corrected chi connectivity index (χ0v) is 18.1. The van der Waals surface area contributed by atoms with Crippen LogP contribution in [0.5, 0.6) is 0 Å². The summed E-state index contributed by atoms with van der Waals surface area (Å²) in [6.45, 7) is 9.00. The largest absolute Gasteiger partial charge is 0.359 e. The first-order valence-corrected chi connectivity index (χ1v) is 10.7. The van der Waals surface area contributed by atoms with E-state index in [0.717, 1.165) is 49.2 Å². The lowest BCUT2D eigenvalue weighted by molar-refractivity contribution is 0.368. The third-order valence-corrected chi connectivity index (χ3v) is 5.13. The molecule has 30 heavy (non-hydrogen) atoms. The van der Waals surface area contributed by atoms with E-state index in [1.54, 1.807) is 0 Å². The van der Waals surface area contributed by atoms with Crippen LogP contribution >= 0.6 is 0 Å². The quantitative estimate of drug-likeness (QED) is 0.390. The van der Waals surface area contributed by atoms with E-state index >= 15 is 0 Å². The van der Waals surface area contributed by atoms with Crippen molar-refractivity contribution in [3.63, 3.8) is 0 Å². The Morgan fingerprint density at radius 2 is 1.93 bits per heavy atom. The van der Waals surface area contributed by atoms with Crippen molar-refractivity contribution in [1.29, 1.82) is 0 Å². The summed E-state index contributed by atoms with van der Waals surface area (Å²) >= 11 is 0. The number of nitrogens with one attached hydrogen (secondary N) is 2. The van der Waals surface area contributed by atoms with Gasteiger partial charge in [0.05, 0.1) is 12.2 Å². The van der Waals surface area contributed by atoms with Crippen LogP contribution in [0.4, 0.5) is 0 Å². The molecule has 3 rings (SSSR count). The van der Waals surface area contributed by atoms with Crippen LogP contribution in [0.3, 0.4) is 0 Å². The molecule has 0 aliphatic heterocycles. The van der Waals surface area contributed by atoms with Gasteiger partial charge in [0.25, 0.3) is 0 Å². The monoisotopic (exact) mass is 408 g/mol. The second-order valence-corrected chi connectivity index (χ2v) is 7.24. The van der Waals surface area contributed by atoms with Crippen molar-refractivity contribution in [2.75, 3.05) is 6.54 Å². The topological polar surface area (TPSA) is 80.3 Å². The molecular formula is C23H32N6O. The maximum absolute atomic E-state index is 5.50. The Balaban J connectivity index is 1.61. The second kappa shape index (κ2) is 11.2. The summed E-state index contributed by atoms with van der Waals surface area (Å²) in [5.41, 5.74) is 2.27. The summed E-state index contributed by atoms with van der Waals surface area (Å²) in [6, 6.07) is 12.4. The third-order valence-electron chi connectivity index (χ3n) is 5.13. The van der Waals surface area contributed by atoms with Crippen LogP contribution < -0.4 is 10.6 Å². The van der Waals surface area contributed by atoms with E-state index in [0.29, 0.717) is 19.0 Å². The number of aliphatic imine (C=N–C) groups is 1. The lowest BCUT2D eigenvalue weighted by Gasteiger charge is -2.11. The van der Waals surface area contributed by atoms with Gasteiger partial charge in [0.1, 0.15) is 12.4 Å². The molecule has 0 spiro atoms. The number of guanidine groups is 1. The van der Waals surface area contributed by atoms with E-state index < -0.39 is 0 Å². The first-order valence-electron chi connectivity index (χ1n) is 10.7. The number of imidazole rings is 1. The first-order chi connectivity index (χ1) is 14.7. The number of nitrogens with zero attached hydrogens (tertiary/aromatic N) is 4. The molecule has 1 aromatic carbocycles. The van der Waals surface area contributed by atoms with Gasteiger partial charge in [0.15, 0.2) is 11.7 Å². The minimum atomic E-state index is 0.452. The van der Waals surface area contributed by atoms with Crippen molar-refractivity contribution in [3.05, 3.63) is 71.6 Å². The Kier molecular flexibility index (Phi) is 8.06. The molecule has 2 heterocycles. The lowest BCUT2D eigenvalue weighted by Crippen LogP contribution is -2.36. The predicted octanol–water partition coefficient (Wildman–Crippen LogP) is 4.08. The van der Waals surface area contributed by atoms with Crippen LogP contribution in [0.2, 0.25) is 0 Å². The standard InChI is InChI=1S/C23H32N6O/c1-4-19(5-2)21-14-20(30-28-21)15-26-23(24-6-3)27-16-22-25-12-13-29(22)17-18-10-8-7-9-11-18/h7-14,19H,4-6,15-17H2,1-3H3,(H2,24,26,27). The highest BCUT2D eigenvalue weighted by Crippen LogP contribution is 2.22. The van der Waals surface area contributed by atoms with Gasteiger partial charge in [-0.2, -0.15) is 0 Å². The first kappa shape index (κ1) is 21.6. The SMILES string of the molecule is CCNC(=NCc1nccn1Cc1ccccc1)NCc1cc(C(CC)CC)no1. The van der Waals surface area contributed by atoms with E-state index in [2.05, 4.69) is 63.5 Å². The normalized spacial score (nSPS) is 11.8. The zero-order chi connectivity index (χ0) is 21.2. The highest BCUT2D eigenvalue weighted by atomic mass is 16.5. The van der Waals surface area contributed by atoms with Gasteiger partial charge in [-0.15, -0.1) is 0 Å². The van der Waals surface area contributed by atoms with E-state index in [-0.39, 0.29) is 0 Å². The molecule has 2 N–H and O–H groups in total. The fourth-order valence-electron chi connectivity index (χ4n) is 3.39. The molecule has 0 aliphatic rings. The molecule has 0 radical (unpaired) electrons. The summed E-state index contributed by atoms with van der Waals surface area (Å²) < 4.78 is 7.63. The molecule has 0 saturated heterocycles. The Bertz CT molecular complexity index is 911. The Hall–Kier alpha value is -3.09. The minimum Gasteiger partial charge on any atom is -0.359 e. The average Bonchev–Trinajstić information content (AvgIpc) is 3.41. The third kappa shape index (κ3) is 5.95. The molecule has 3 aromatic rings. The van der Waals surface area contributed by atoms with Crippen LogP contribution in [0.25, 0.3) is 0 Å². The molecule has 7 nitrogen and oxygen atoms in total. The number of benzene rings is 1. The summed E-state index contributed by atoms with van der Waals surface area (Å²) in [7, 11) is 0. The minimum absolute atomic E-state index is 0.452. The van der Waals surface area contributed by atoms with E-state index in [1.165, 1.54) is 5.56 Å². The maximum Gasteiger partial charge on any atom is 0.192 e. The molecule has 0 unspecified atom stereocenters. The van der Waals surface area contributed by atoms with Crippen molar-refractivity contribution in [2.24, 2.45) is 4.99 Å². The van der Waals surface area contributed by atoms with E-state index in [1.807, 2.05) is 31.5 Å². The van der Waals surface area contributed by atoms with Crippen LogP contribution in [0.15, 0.2) is 58.3 Å². The molecular weight excluding hydrogens is 376 g/mol. The summed E-state index contributed by atoms with van der Waals surface area (Å²) in [6.07, 6.45) is 5.94. The molecule has 2 aromatic heterocycles. The van der Waals surface area contributed by atoms with Crippen LogP contribution in [-0.4, -0.2) is 27.2 Å². The number of hydrogen-bond donors (Lipinski definition) is 2. The van der Waals surface area contributed by atoms with Crippen molar-refractivity contribution >= 4 is 5.96 Å². The Labute approximate surface area is 178 Å². The molecule has 0 aliphatic carbocycles. The van der Waals surface area contributed by atoms with Gasteiger partial charge >= 0.3 is 0 Å². The number of rotatable bonds is 10. The van der Waals surface area contributed by atoms with Gasteiger partial charge in [-0.3, -0.25) is 0 Å². The van der Waals surface area contributed by atoms with Crippen molar-refractivity contribution in [3.8, 4) is 0 Å². The highest BCUT2D eigenvalue weighted by Gasteiger charge is 2.13. The maximum atomic E-state index is 5.50. The number of hydrogen-bond acceptors (Lipinski definition) is 4.